The van der Waals surface area contributed by atoms with Gasteiger partial charge < -0.3 is 4.74 Å². The molecule has 0 saturated carbocycles. The van der Waals surface area contributed by atoms with Gasteiger partial charge in [-0.25, -0.2) is 4.79 Å². The molecule has 0 saturated heterocycles. The van der Waals surface area contributed by atoms with E-state index < -0.39 is 5.30 Å². The van der Waals surface area contributed by atoms with Crippen molar-refractivity contribution in [1.82, 2.24) is 0 Å². The first-order valence-electron chi connectivity index (χ1n) is 4.91. The van der Waals surface area contributed by atoms with E-state index in [1.54, 1.807) is 6.07 Å². The van der Waals surface area contributed by atoms with Crippen molar-refractivity contribution in [3.63, 3.8) is 0 Å². The molecule has 16 heavy (non-hydrogen) atoms. The number of hydrogen-bond acceptors (Lipinski definition) is 3. The zero-order chi connectivity index (χ0) is 12.3. The summed E-state index contributed by atoms with van der Waals surface area (Å²) in [5, 5.41) is 6.80. The van der Waals surface area contributed by atoms with E-state index in [2.05, 4.69) is 38.1 Å². The van der Waals surface area contributed by atoms with Crippen molar-refractivity contribution in [2.45, 2.75) is 26.2 Å². The number of carbonyl (C=O) groups is 1. The van der Waals surface area contributed by atoms with Gasteiger partial charge in [0.05, 0.1) is 0 Å². The molecule has 0 atom stereocenters. The maximum atomic E-state index is 10.6. The summed E-state index contributed by atoms with van der Waals surface area (Å²) in [7, 11) is 0. The van der Waals surface area contributed by atoms with E-state index in [0.717, 1.165) is 5.56 Å². The number of hydrogen-bond donors (Lipinski definition) is 2. The molecule has 1 N–H and O–H groups in total. The number of benzene rings is 1. The predicted octanol–water partition coefficient (Wildman–Crippen LogP) is 3.38. The average Bonchev–Trinajstić information content (AvgIpc) is 2.15. The van der Waals surface area contributed by atoms with E-state index in [4.69, 9.17) is 5.41 Å². The first kappa shape index (κ1) is 12.8. The van der Waals surface area contributed by atoms with E-state index in [1.165, 1.54) is 0 Å². The Hall–Kier alpha value is -1.29. The van der Waals surface area contributed by atoms with Crippen LogP contribution in [0.2, 0.25) is 0 Å². The van der Waals surface area contributed by atoms with Crippen LogP contribution < -0.4 is 0 Å². The van der Waals surface area contributed by atoms with Crippen molar-refractivity contribution in [2.75, 3.05) is 0 Å². The Balaban J connectivity index is 2.99. The zero-order valence-corrected chi connectivity index (χ0v) is 10.5. The molecule has 1 aromatic rings. The standard InChI is InChI=1S/C12H15NO2S/c1-12(2,3)9-6-4-5-8(7-9)10(13)15-11(14)16/h4-7,13H,1-3H3,(H,14,16). The second-order valence-corrected chi connectivity index (χ2v) is 4.89. The van der Waals surface area contributed by atoms with Crippen molar-refractivity contribution >= 4 is 23.8 Å². The molecule has 1 aromatic carbocycles. The first-order valence-corrected chi connectivity index (χ1v) is 5.35. The minimum Gasteiger partial charge on any atom is -0.399 e. The SMILES string of the molecule is CC(C)(C)c1cccc(C(=N)OC(=O)S)c1. The summed E-state index contributed by atoms with van der Waals surface area (Å²) < 4.78 is 4.61. The molecule has 0 unspecified atom stereocenters. The third kappa shape index (κ3) is 3.38. The highest BCUT2D eigenvalue weighted by molar-refractivity contribution is 7.96. The van der Waals surface area contributed by atoms with Crippen LogP contribution >= 0.6 is 12.6 Å². The van der Waals surface area contributed by atoms with Gasteiger partial charge in [0.25, 0.3) is 0 Å². The largest absolute Gasteiger partial charge is 0.399 e. The maximum Gasteiger partial charge on any atom is 0.370 e. The number of thiol groups is 1. The van der Waals surface area contributed by atoms with Crippen molar-refractivity contribution < 1.29 is 9.53 Å². The van der Waals surface area contributed by atoms with Crippen molar-refractivity contribution in [2.24, 2.45) is 0 Å². The van der Waals surface area contributed by atoms with E-state index >= 15 is 0 Å². The molecule has 0 aliphatic rings. The smallest absolute Gasteiger partial charge is 0.370 e. The number of ether oxygens (including phenoxy) is 1. The second kappa shape index (κ2) is 4.70. The molecule has 86 valence electrons. The Morgan fingerprint density at radius 1 is 1.38 bits per heavy atom. The van der Waals surface area contributed by atoms with Gasteiger partial charge in [0.15, 0.2) is 0 Å². The summed E-state index contributed by atoms with van der Waals surface area (Å²) in [5.74, 6) is -0.175. The Morgan fingerprint density at radius 3 is 2.50 bits per heavy atom. The minimum absolute atomic E-state index is 0.00125. The summed E-state index contributed by atoms with van der Waals surface area (Å²) in [5.41, 5.74) is 1.67. The van der Waals surface area contributed by atoms with Gasteiger partial charge in [-0.1, -0.05) is 45.5 Å². The second-order valence-electron chi connectivity index (χ2n) is 4.53. The summed E-state index contributed by atoms with van der Waals surface area (Å²) in [4.78, 5) is 10.6. The van der Waals surface area contributed by atoms with Crippen LogP contribution in [0.5, 0.6) is 0 Å². The summed E-state index contributed by atoms with van der Waals surface area (Å²) in [6.45, 7) is 6.25. The van der Waals surface area contributed by atoms with E-state index in [9.17, 15) is 4.79 Å². The fourth-order valence-electron chi connectivity index (χ4n) is 1.27. The van der Waals surface area contributed by atoms with Crippen molar-refractivity contribution in [3.8, 4) is 0 Å². The van der Waals surface area contributed by atoms with Crippen LogP contribution in [-0.2, 0) is 10.2 Å². The van der Waals surface area contributed by atoms with Gasteiger partial charge in [-0.05, 0) is 23.1 Å². The molecule has 0 aliphatic carbocycles. The lowest BCUT2D eigenvalue weighted by Crippen LogP contribution is -2.13. The molecule has 0 bridgehead atoms. The molecule has 1 rings (SSSR count). The zero-order valence-electron chi connectivity index (χ0n) is 9.57. The highest BCUT2D eigenvalue weighted by Gasteiger charge is 2.15. The molecule has 0 aliphatic heterocycles. The van der Waals surface area contributed by atoms with Crippen LogP contribution in [0, 0.1) is 5.41 Å². The van der Waals surface area contributed by atoms with Gasteiger partial charge in [-0.3, -0.25) is 5.41 Å². The van der Waals surface area contributed by atoms with E-state index in [0.29, 0.717) is 5.56 Å². The molecule has 0 radical (unpaired) electrons. The molecule has 0 amide bonds. The summed E-state index contributed by atoms with van der Waals surface area (Å²) >= 11 is 3.47. The quantitative estimate of drug-likeness (QED) is 0.340. The molecular formula is C12H15NO2S. The van der Waals surface area contributed by atoms with Gasteiger partial charge in [-0.15, -0.1) is 0 Å². The monoisotopic (exact) mass is 237 g/mol. The third-order valence-electron chi connectivity index (χ3n) is 2.18. The Morgan fingerprint density at radius 2 is 2.00 bits per heavy atom. The van der Waals surface area contributed by atoms with E-state index in [1.807, 2.05) is 18.2 Å². The van der Waals surface area contributed by atoms with Crippen LogP contribution in [0.25, 0.3) is 0 Å². The van der Waals surface area contributed by atoms with Crippen LogP contribution in [-0.4, -0.2) is 11.2 Å². The van der Waals surface area contributed by atoms with Crippen LogP contribution in [0.1, 0.15) is 31.9 Å². The highest BCUT2D eigenvalue weighted by Crippen LogP contribution is 2.23. The highest BCUT2D eigenvalue weighted by atomic mass is 32.1. The summed E-state index contributed by atoms with van der Waals surface area (Å²) in [6, 6.07) is 7.41. The Bertz CT molecular complexity index is 421. The fraction of sp³-hybridized carbons (Fsp3) is 0.333. The topological polar surface area (TPSA) is 50.1 Å². The fourth-order valence-corrected chi connectivity index (χ4v) is 1.36. The molecule has 0 aromatic heterocycles. The molecular weight excluding hydrogens is 222 g/mol. The Labute approximate surface area is 101 Å². The van der Waals surface area contributed by atoms with Crippen LogP contribution in [0.15, 0.2) is 24.3 Å². The third-order valence-corrected chi connectivity index (χ3v) is 2.27. The van der Waals surface area contributed by atoms with Gasteiger partial charge in [0.1, 0.15) is 0 Å². The lowest BCUT2D eigenvalue weighted by molar-refractivity contribution is 0.225. The van der Waals surface area contributed by atoms with Gasteiger partial charge in [0, 0.05) is 5.56 Å². The predicted molar refractivity (Wildman–Crippen MR) is 67.4 cm³/mol. The number of carbonyl (C=O) groups excluding carboxylic acids is 1. The minimum atomic E-state index is -0.772. The van der Waals surface area contributed by atoms with Gasteiger partial charge >= 0.3 is 5.30 Å². The normalized spacial score (nSPS) is 11.0. The molecule has 0 spiro atoms. The number of rotatable bonds is 1. The van der Waals surface area contributed by atoms with Gasteiger partial charge in [-0.2, -0.15) is 0 Å². The maximum absolute atomic E-state index is 10.6. The summed E-state index contributed by atoms with van der Waals surface area (Å²) in [6.07, 6.45) is 0. The van der Waals surface area contributed by atoms with E-state index in [-0.39, 0.29) is 11.3 Å². The molecule has 4 heteroatoms. The van der Waals surface area contributed by atoms with Crippen molar-refractivity contribution in [3.05, 3.63) is 35.4 Å². The van der Waals surface area contributed by atoms with Gasteiger partial charge in [0.2, 0.25) is 5.90 Å². The molecule has 0 fully saturated rings. The Kier molecular flexibility index (Phi) is 3.75. The molecule has 3 nitrogen and oxygen atoms in total. The average molecular weight is 237 g/mol. The lowest BCUT2D eigenvalue weighted by Gasteiger charge is -2.19. The lowest BCUT2D eigenvalue weighted by atomic mass is 9.86. The van der Waals surface area contributed by atoms with Crippen LogP contribution in [0.3, 0.4) is 0 Å². The molecule has 0 heterocycles. The van der Waals surface area contributed by atoms with Crippen molar-refractivity contribution in [1.29, 1.82) is 5.41 Å². The first-order chi connectivity index (χ1) is 7.30. The number of nitrogens with one attached hydrogen (secondary N) is 1. The van der Waals surface area contributed by atoms with Crippen LogP contribution in [0.4, 0.5) is 4.79 Å².